The quantitative estimate of drug-likeness (QED) is 0.856. The van der Waals surface area contributed by atoms with Crippen LogP contribution in [0.1, 0.15) is 10.5 Å². The minimum atomic E-state index is -1.11. The monoisotopic (exact) mass is 237 g/mol. The fraction of sp³-hybridized carbons (Fsp3) is 0. The molecule has 82 valence electrons. The van der Waals surface area contributed by atoms with Gasteiger partial charge in [0.15, 0.2) is 17.2 Å². The van der Waals surface area contributed by atoms with Crippen LogP contribution in [0.15, 0.2) is 29.6 Å². The number of phenolic OH excluding ortho intramolecular Hbond substituents is 1. The Morgan fingerprint density at radius 3 is 2.75 bits per heavy atom. The van der Waals surface area contributed by atoms with Crippen molar-refractivity contribution in [2.75, 3.05) is 0 Å². The van der Waals surface area contributed by atoms with Crippen LogP contribution in [0, 0.1) is 0 Å². The van der Waals surface area contributed by atoms with Crippen LogP contribution < -0.4 is 4.74 Å². The number of carboxylic acids is 1. The Hall–Kier alpha value is -2.08. The Kier molecular flexibility index (Phi) is 2.74. The summed E-state index contributed by atoms with van der Waals surface area (Å²) in [5.41, 5.74) is -0.0737. The number of para-hydroxylation sites is 2. The number of carbonyl (C=O) groups is 1. The SMILES string of the molecule is O=C(O)c1csc(Oc2ccccc2O)n1. The van der Waals surface area contributed by atoms with Crippen LogP contribution in [0.2, 0.25) is 0 Å². The predicted molar refractivity (Wildman–Crippen MR) is 57.3 cm³/mol. The molecule has 5 nitrogen and oxygen atoms in total. The third-order valence-electron chi connectivity index (χ3n) is 1.76. The maximum atomic E-state index is 10.6. The second-order valence-electron chi connectivity index (χ2n) is 2.87. The van der Waals surface area contributed by atoms with E-state index in [-0.39, 0.29) is 22.4 Å². The Morgan fingerprint density at radius 2 is 2.12 bits per heavy atom. The van der Waals surface area contributed by atoms with E-state index < -0.39 is 5.97 Å². The Labute approximate surface area is 94.6 Å². The van der Waals surface area contributed by atoms with Crippen molar-refractivity contribution in [2.24, 2.45) is 0 Å². The lowest BCUT2D eigenvalue weighted by Gasteiger charge is -2.02. The second-order valence-corrected chi connectivity index (χ2v) is 3.69. The molecule has 0 atom stereocenters. The smallest absolute Gasteiger partial charge is 0.355 e. The summed E-state index contributed by atoms with van der Waals surface area (Å²) in [5, 5.41) is 19.6. The van der Waals surface area contributed by atoms with E-state index in [4.69, 9.17) is 9.84 Å². The number of aromatic hydroxyl groups is 1. The molecule has 6 heteroatoms. The van der Waals surface area contributed by atoms with Crippen LogP contribution >= 0.6 is 11.3 Å². The summed E-state index contributed by atoms with van der Waals surface area (Å²) in [6, 6.07) is 6.39. The first kappa shape index (κ1) is 10.4. The third kappa shape index (κ3) is 2.12. The average molecular weight is 237 g/mol. The summed E-state index contributed by atoms with van der Waals surface area (Å²) in [4.78, 5) is 14.3. The average Bonchev–Trinajstić information content (AvgIpc) is 2.70. The third-order valence-corrected chi connectivity index (χ3v) is 2.48. The topological polar surface area (TPSA) is 79.7 Å². The number of hydrogen-bond acceptors (Lipinski definition) is 5. The van der Waals surface area contributed by atoms with Crippen LogP contribution in [0.5, 0.6) is 16.7 Å². The molecular formula is C10H7NO4S. The van der Waals surface area contributed by atoms with Crippen molar-refractivity contribution in [1.82, 2.24) is 4.98 Å². The van der Waals surface area contributed by atoms with Gasteiger partial charge in [-0.15, -0.1) is 0 Å². The molecule has 0 spiro atoms. The molecule has 0 bridgehead atoms. The van der Waals surface area contributed by atoms with Gasteiger partial charge in [-0.3, -0.25) is 0 Å². The fourth-order valence-electron chi connectivity index (χ4n) is 1.04. The molecule has 0 radical (unpaired) electrons. The normalized spacial score (nSPS) is 10.0. The van der Waals surface area contributed by atoms with E-state index >= 15 is 0 Å². The lowest BCUT2D eigenvalue weighted by Crippen LogP contribution is -1.95. The van der Waals surface area contributed by atoms with Gasteiger partial charge in [0, 0.05) is 5.38 Å². The molecule has 0 aliphatic carbocycles. The molecule has 0 saturated carbocycles. The molecule has 2 rings (SSSR count). The highest BCUT2D eigenvalue weighted by molar-refractivity contribution is 7.11. The molecule has 2 aromatic rings. The molecule has 0 aliphatic rings. The Morgan fingerprint density at radius 1 is 1.38 bits per heavy atom. The van der Waals surface area contributed by atoms with Crippen LogP contribution in [-0.4, -0.2) is 21.2 Å². The van der Waals surface area contributed by atoms with Gasteiger partial charge >= 0.3 is 5.97 Å². The number of phenols is 1. The van der Waals surface area contributed by atoms with Gasteiger partial charge in [0.2, 0.25) is 0 Å². The number of benzene rings is 1. The largest absolute Gasteiger partial charge is 0.504 e. The van der Waals surface area contributed by atoms with Crippen molar-refractivity contribution in [1.29, 1.82) is 0 Å². The number of rotatable bonds is 3. The van der Waals surface area contributed by atoms with Crippen molar-refractivity contribution in [2.45, 2.75) is 0 Å². The van der Waals surface area contributed by atoms with E-state index in [0.29, 0.717) is 0 Å². The molecule has 0 aliphatic heterocycles. The minimum absolute atomic E-state index is 0.0189. The van der Waals surface area contributed by atoms with Gasteiger partial charge in [-0.25, -0.2) is 4.79 Å². The summed E-state index contributed by atoms with van der Waals surface area (Å²) in [6.45, 7) is 0. The van der Waals surface area contributed by atoms with E-state index in [1.54, 1.807) is 18.2 Å². The molecule has 2 N–H and O–H groups in total. The molecule has 1 aromatic heterocycles. The standard InChI is InChI=1S/C10H7NO4S/c12-7-3-1-2-4-8(7)15-10-11-6(5-16-10)9(13)14/h1-5,12H,(H,13,14). The van der Waals surface area contributed by atoms with Crippen LogP contribution in [0.3, 0.4) is 0 Å². The van der Waals surface area contributed by atoms with E-state index in [2.05, 4.69) is 4.98 Å². The summed E-state index contributed by atoms with van der Waals surface area (Å²) in [5.74, 6) is -0.883. The van der Waals surface area contributed by atoms with Gasteiger partial charge in [0.05, 0.1) is 0 Å². The number of nitrogens with zero attached hydrogens (tertiary/aromatic N) is 1. The maximum Gasteiger partial charge on any atom is 0.355 e. The first-order valence-electron chi connectivity index (χ1n) is 4.31. The first-order chi connectivity index (χ1) is 7.66. The summed E-state index contributed by atoms with van der Waals surface area (Å²) >= 11 is 1.06. The van der Waals surface area contributed by atoms with Crippen molar-refractivity contribution in [3.05, 3.63) is 35.3 Å². The van der Waals surface area contributed by atoms with Crippen LogP contribution in [0.4, 0.5) is 0 Å². The van der Waals surface area contributed by atoms with Crippen LogP contribution in [-0.2, 0) is 0 Å². The summed E-state index contributed by atoms with van der Waals surface area (Å²) in [7, 11) is 0. The molecule has 0 unspecified atom stereocenters. The van der Waals surface area contributed by atoms with Gasteiger partial charge in [-0.2, -0.15) is 4.98 Å². The van der Waals surface area contributed by atoms with E-state index in [1.807, 2.05) is 0 Å². The zero-order valence-corrected chi connectivity index (χ0v) is 8.77. The highest BCUT2D eigenvalue weighted by Gasteiger charge is 2.11. The maximum absolute atomic E-state index is 10.6. The van der Waals surface area contributed by atoms with E-state index in [0.717, 1.165) is 11.3 Å². The van der Waals surface area contributed by atoms with Crippen LogP contribution in [0.25, 0.3) is 0 Å². The van der Waals surface area contributed by atoms with E-state index in [1.165, 1.54) is 11.4 Å². The number of aromatic carboxylic acids is 1. The molecule has 0 fully saturated rings. The second kappa shape index (κ2) is 4.19. The molecule has 0 saturated heterocycles. The predicted octanol–water partition coefficient (Wildman–Crippen LogP) is 2.34. The van der Waals surface area contributed by atoms with Gasteiger partial charge < -0.3 is 14.9 Å². The Bertz CT molecular complexity index is 523. The van der Waals surface area contributed by atoms with Gasteiger partial charge in [0.1, 0.15) is 0 Å². The highest BCUT2D eigenvalue weighted by Crippen LogP contribution is 2.31. The fourth-order valence-corrected chi connectivity index (χ4v) is 1.69. The van der Waals surface area contributed by atoms with Gasteiger partial charge in [-0.05, 0) is 12.1 Å². The lowest BCUT2D eigenvalue weighted by atomic mass is 10.3. The Balaban J connectivity index is 2.21. The number of aromatic nitrogens is 1. The van der Waals surface area contributed by atoms with Crippen molar-refractivity contribution in [3.63, 3.8) is 0 Å². The number of ether oxygens (including phenoxy) is 1. The van der Waals surface area contributed by atoms with Crippen molar-refractivity contribution >= 4 is 17.3 Å². The lowest BCUT2D eigenvalue weighted by molar-refractivity contribution is 0.0690. The summed E-state index contributed by atoms with van der Waals surface area (Å²) < 4.78 is 5.23. The highest BCUT2D eigenvalue weighted by atomic mass is 32.1. The van der Waals surface area contributed by atoms with Gasteiger partial charge in [-0.1, -0.05) is 23.5 Å². The molecule has 1 aromatic carbocycles. The number of carboxylic acid groups (broad SMARTS) is 1. The molecule has 0 amide bonds. The number of hydrogen-bond donors (Lipinski definition) is 2. The molecular weight excluding hydrogens is 230 g/mol. The zero-order chi connectivity index (χ0) is 11.5. The zero-order valence-electron chi connectivity index (χ0n) is 7.95. The summed E-state index contributed by atoms with van der Waals surface area (Å²) in [6.07, 6.45) is 0. The molecule has 1 heterocycles. The molecule has 16 heavy (non-hydrogen) atoms. The van der Waals surface area contributed by atoms with Crippen molar-refractivity contribution < 1.29 is 19.7 Å². The minimum Gasteiger partial charge on any atom is -0.504 e. The number of thiazole rings is 1. The first-order valence-corrected chi connectivity index (χ1v) is 5.19. The van der Waals surface area contributed by atoms with Gasteiger partial charge in [0.25, 0.3) is 5.19 Å². The van der Waals surface area contributed by atoms with Crippen molar-refractivity contribution in [3.8, 4) is 16.7 Å². The van der Waals surface area contributed by atoms with E-state index in [9.17, 15) is 9.90 Å².